The molecule has 110 valence electrons. The Kier molecular flexibility index (Phi) is 5.31. The van der Waals surface area contributed by atoms with Gasteiger partial charge >= 0.3 is 11.9 Å². The largest absolute Gasteiger partial charge is 0.468 e. The number of ether oxygens (including phenoxy) is 2. The van der Waals surface area contributed by atoms with E-state index in [1.807, 2.05) is 31.2 Å². The topological polar surface area (TPSA) is 52.6 Å². The monoisotopic (exact) mass is 278 g/mol. The van der Waals surface area contributed by atoms with Crippen molar-refractivity contribution in [2.24, 2.45) is 5.92 Å². The van der Waals surface area contributed by atoms with Crippen molar-refractivity contribution >= 4 is 11.9 Å². The molecule has 1 rings (SSSR count). The van der Waals surface area contributed by atoms with Crippen LogP contribution in [0.5, 0.6) is 0 Å². The van der Waals surface area contributed by atoms with Gasteiger partial charge in [0, 0.05) is 0 Å². The zero-order valence-corrected chi connectivity index (χ0v) is 12.7. The molecule has 0 N–H and O–H groups in total. The molecular formula is C16H22O4. The first kappa shape index (κ1) is 16.2. The van der Waals surface area contributed by atoms with Gasteiger partial charge in [0.05, 0.1) is 7.11 Å². The lowest BCUT2D eigenvalue weighted by molar-refractivity contribution is -0.168. The zero-order chi connectivity index (χ0) is 15.3. The van der Waals surface area contributed by atoms with E-state index in [-0.39, 0.29) is 6.42 Å². The Morgan fingerprint density at radius 2 is 1.75 bits per heavy atom. The van der Waals surface area contributed by atoms with Crippen molar-refractivity contribution < 1.29 is 19.1 Å². The molecule has 0 aliphatic rings. The van der Waals surface area contributed by atoms with Gasteiger partial charge < -0.3 is 9.47 Å². The van der Waals surface area contributed by atoms with Crippen LogP contribution in [-0.4, -0.2) is 24.6 Å². The molecule has 0 aliphatic heterocycles. The maximum Gasteiger partial charge on any atom is 0.321 e. The highest BCUT2D eigenvalue weighted by atomic mass is 16.6. The fraction of sp³-hybridized carbons (Fsp3) is 0.500. The SMILES string of the molecule is COC(=O)C(Cc1ccccc1C)C(=O)OC(C)(C)C. The van der Waals surface area contributed by atoms with Crippen LogP contribution in [-0.2, 0) is 25.5 Å². The van der Waals surface area contributed by atoms with E-state index in [4.69, 9.17) is 9.47 Å². The van der Waals surface area contributed by atoms with E-state index in [0.717, 1.165) is 11.1 Å². The second-order valence-electron chi connectivity index (χ2n) is 5.74. The third-order valence-electron chi connectivity index (χ3n) is 2.86. The van der Waals surface area contributed by atoms with Gasteiger partial charge in [-0.3, -0.25) is 9.59 Å². The maximum atomic E-state index is 12.2. The minimum atomic E-state index is -0.930. The van der Waals surface area contributed by atoms with Gasteiger partial charge in [0.15, 0.2) is 5.92 Å². The highest BCUT2D eigenvalue weighted by molar-refractivity contribution is 5.95. The van der Waals surface area contributed by atoms with E-state index < -0.39 is 23.5 Å². The van der Waals surface area contributed by atoms with Gasteiger partial charge in [-0.25, -0.2) is 0 Å². The molecule has 1 aromatic rings. The van der Waals surface area contributed by atoms with Crippen LogP contribution in [0.25, 0.3) is 0 Å². The van der Waals surface area contributed by atoms with Gasteiger partial charge in [0.1, 0.15) is 5.60 Å². The molecule has 1 unspecified atom stereocenters. The number of carbonyl (C=O) groups excluding carboxylic acids is 2. The summed E-state index contributed by atoms with van der Waals surface area (Å²) in [7, 11) is 1.28. The summed E-state index contributed by atoms with van der Waals surface area (Å²) in [6, 6.07) is 7.64. The summed E-state index contributed by atoms with van der Waals surface area (Å²) in [5, 5.41) is 0. The second-order valence-corrected chi connectivity index (χ2v) is 5.74. The molecule has 20 heavy (non-hydrogen) atoms. The second kappa shape index (κ2) is 6.55. The summed E-state index contributed by atoms with van der Waals surface area (Å²) in [5.74, 6) is -2.05. The molecule has 0 aromatic heterocycles. The molecular weight excluding hydrogens is 256 g/mol. The van der Waals surface area contributed by atoms with Gasteiger partial charge in [0.25, 0.3) is 0 Å². The summed E-state index contributed by atoms with van der Waals surface area (Å²) < 4.78 is 10.0. The number of esters is 2. The van der Waals surface area contributed by atoms with Crippen molar-refractivity contribution in [3.05, 3.63) is 35.4 Å². The van der Waals surface area contributed by atoms with E-state index in [1.165, 1.54) is 7.11 Å². The number of aryl methyl sites for hydroxylation is 1. The average molecular weight is 278 g/mol. The van der Waals surface area contributed by atoms with E-state index in [0.29, 0.717) is 0 Å². The Morgan fingerprint density at radius 3 is 2.25 bits per heavy atom. The van der Waals surface area contributed by atoms with Crippen LogP contribution < -0.4 is 0 Å². The van der Waals surface area contributed by atoms with Gasteiger partial charge in [0.2, 0.25) is 0 Å². The molecule has 0 saturated carbocycles. The Hall–Kier alpha value is -1.84. The van der Waals surface area contributed by atoms with Crippen molar-refractivity contribution in [3.63, 3.8) is 0 Å². The molecule has 4 heteroatoms. The Bertz CT molecular complexity index is 485. The molecule has 4 nitrogen and oxygen atoms in total. The summed E-state index contributed by atoms with van der Waals surface area (Å²) in [6.45, 7) is 7.26. The number of benzene rings is 1. The normalized spacial score (nSPS) is 12.7. The number of carbonyl (C=O) groups is 2. The van der Waals surface area contributed by atoms with E-state index >= 15 is 0 Å². The van der Waals surface area contributed by atoms with Gasteiger partial charge in [-0.1, -0.05) is 24.3 Å². The molecule has 0 saturated heterocycles. The first-order valence-electron chi connectivity index (χ1n) is 6.60. The van der Waals surface area contributed by atoms with Crippen molar-refractivity contribution in [2.75, 3.05) is 7.11 Å². The van der Waals surface area contributed by atoms with Crippen LogP contribution in [0, 0.1) is 12.8 Å². The predicted octanol–water partition coefficient (Wildman–Crippen LogP) is 2.67. The third kappa shape index (κ3) is 4.68. The molecule has 0 radical (unpaired) electrons. The molecule has 0 bridgehead atoms. The lowest BCUT2D eigenvalue weighted by Gasteiger charge is -2.23. The van der Waals surface area contributed by atoms with Crippen LogP contribution in [0.4, 0.5) is 0 Å². The van der Waals surface area contributed by atoms with E-state index in [2.05, 4.69) is 0 Å². The molecule has 0 fully saturated rings. The molecule has 1 atom stereocenters. The lowest BCUT2D eigenvalue weighted by Crippen LogP contribution is -2.34. The first-order valence-corrected chi connectivity index (χ1v) is 6.60. The molecule has 0 spiro atoms. The van der Waals surface area contributed by atoms with E-state index in [1.54, 1.807) is 20.8 Å². The predicted molar refractivity (Wildman–Crippen MR) is 76.2 cm³/mol. The Balaban J connectivity index is 2.94. The average Bonchev–Trinajstić information content (AvgIpc) is 2.34. The number of hydrogen-bond acceptors (Lipinski definition) is 4. The molecule has 0 amide bonds. The van der Waals surface area contributed by atoms with Crippen LogP contribution in [0.15, 0.2) is 24.3 Å². The van der Waals surface area contributed by atoms with Crippen molar-refractivity contribution in [1.82, 2.24) is 0 Å². The van der Waals surface area contributed by atoms with Crippen LogP contribution >= 0.6 is 0 Å². The fourth-order valence-electron chi connectivity index (χ4n) is 1.84. The van der Waals surface area contributed by atoms with Crippen molar-refractivity contribution in [2.45, 2.75) is 39.7 Å². The standard InChI is InChI=1S/C16H22O4/c1-11-8-6-7-9-12(11)10-13(14(17)19-5)15(18)20-16(2,3)4/h6-9,13H,10H2,1-5H3. The highest BCUT2D eigenvalue weighted by Gasteiger charge is 2.32. The number of methoxy groups -OCH3 is 1. The van der Waals surface area contributed by atoms with Gasteiger partial charge in [-0.15, -0.1) is 0 Å². The zero-order valence-electron chi connectivity index (χ0n) is 12.7. The van der Waals surface area contributed by atoms with Crippen LogP contribution in [0.2, 0.25) is 0 Å². The molecule has 0 aliphatic carbocycles. The Labute approximate surface area is 120 Å². The summed E-state index contributed by atoms with van der Waals surface area (Å²) in [4.78, 5) is 24.0. The van der Waals surface area contributed by atoms with Gasteiger partial charge in [-0.05, 0) is 45.2 Å². The quantitative estimate of drug-likeness (QED) is 0.627. The molecule has 0 heterocycles. The molecule has 1 aromatic carbocycles. The van der Waals surface area contributed by atoms with Crippen LogP contribution in [0.3, 0.4) is 0 Å². The minimum absolute atomic E-state index is 0.286. The van der Waals surface area contributed by atoms with Gasteiger partial charge in [-0.2, -0.15) is 0 Å². The van der Waals surface area contributed by atoms with Crippen molar-refractivity contribution in [3.8, 4) is 0 Å². The number of hydrogen-bond donors (Lipinski definition) is 0. The lowest BCUT2D eigenvalue weighted by atomic mass is 9.96. The van der Waals surface area contributed by atoms with E-state index in [9.17, 15) is 9.59 Å². The smallest absolute Gasteiger partial charge is 0.321 e. The van der Waals surface area contributed by atoms with Crippen LogP contribution in [0.1, 0.15) is 31.9 Å². The highest BCUT2D eigenvalue weighted by Crippen LogP contribution is 2.18. The first-order chi connectivity index (χ1) is 9.24. The number of rotatable bonds is 4. The minimum Gasteiger partial charge on any atom is -0.468 e. The summed E-state index contributed by atoms with van der Waals surface area (Å²) in [6.07, 6.45) is 0.286. The summed E-state index contributed by atoms with van der Waals surface area (Å²) >= 11 is 0. The maximum absolute atomic E-state index is 12.2. The Morgan fingerprint density at radius 1 is 1.15 bits per heavy atom. The fourth-order valence-corrected chi connectivity index (χ4v) is 1.84. The third-order valence-corrected chi connectivity index (χ3v) is 2.86. The summed E-state index contributed by atoms with van der Waals surface area (Å²) in [5.41, 5.74) is 1.34. The van der Waals surface area contributed by atoms with Crippen molar-refractivity contribution in [1.29, 1.82) is 0 Å².